The molecule has 4 rings (SSSR count). The van der Waals surface area contributed by atoms with E-state index in [4.69, 9.17) is 4.74 Å². The maximum absolute atomic E-state index is 13.1. The summed E-state index contributed by atoms with van der Waals surface area (Å²) < 4.78 is 10.8. The van der Waals surface area contributed by atoms with Crippen LogP contribution in [0.2, 0.25) is 0 Å². The molecule has 1 aliphatic carbocycles. The third kappa shape index (κ3) is 4.67. The molecule has 1 saturated carbocycles. The van der Waals surface area contributed by atoms with E-state index in [1.165, 1.54) is 11.3 Å². The van der Waals surface area contributed by atoms with Crippen LogP contribution >= 0.6 is 0 Å². The number of aromatic nitrogens is 3. The molecule has 0 spiro atoms. The molecule has 160 valence electrons. The second kappa shape index (κ2) is 9.34. The molecular weight excluding hydrogens is 386 g/mol. The molecule has 2 fully saturated rings. The number of carbonyl (C=O) groups is 2. The third-order valence-electron chi connectivity index (χ3n) is 5.82. The van der Waals surface area contributed by atoms with Gasteiger partial charge in [-0.05, 0) is 37.1 Å². The third-order valence-corrected chi connectivity index (χ3v) is 5.82. The molecule has 2 aromatic heterocycles. The highest BCUT2D eigenvalue weighted by atomic mass is 16.6. The van der Waals surface area contributed by atoms with E-state index in [1.807, 2.05) is 23.1 Å². The molecule has 9 heteroatoms. The first-order valence-corrected chi connectivity index (χ1v) is 10.5. The number of nitrogens with zero attached hydrogens (tertiary/aromatic N) is 5. The summed E-state index contributed by atoms with van der Waals surface area (Å²) >= 11 is 0. The Morgan fingerprint density at radius 3 is 2.73 bits per heavy atom. The number of rotatable bonds is 5. The average molecular weight is 413 g/mol. The molecule has 1 aliphatic heterocycles. The van der Waals surface area contributed by atoms with Crippen LogP contribution in [-0.2, 0) is 16.1 Å². The van der Waals surface area contributed by atoms with Gasteiger partial charge in [0.2, 0.25) is 5.91 Å². The molecule has 3 heterocycles. The van der Waals surface area contributed by atoms with Gasteiger partial charge in [-0.3, -0.25) is 14.6 Å². The van der Waals surface area contributed by atoms with E-state index in [-0.39, 0.29) is 36.2 Å². The van der Waals surface area contributed by atoms with Crippen LogP contribution in [0.25, 0.3) is 0 Å². The predicted molar refractivity (Wildman–Crippen MR) is 106 cm³/mol. The van der Waals surface area contributed by atoms with Crippen LogP contribution in [0, 0.1) is 6.92 Å². The molecule has 30 heavy (non-hydrogen) atoms. The van der Waals surface area contributed by atoms with Crippen molar-refractivity contribution in [2.45, 2.75) is 57.8 Å². The van der Waals surface area contributed by atoms with Crippen molar-refractivity contribution in [2.24, 2.45) is 0 Å². The number of carbonyl (C=O) groups excluding carboxylic acids is 2. The smallest absolute Gasteiger partial charge is 0.278 e. The van der Waals surface area contributed by atoms with Crippen molar-refractivity contribution in [2.75, 3.05) is 19.6 Å². The minimum Gasteiger partial charge on any atom is -0.368 e. The second-order valence-corrected chi connectivity index (χ2v) is 7.98. The fraction of sp³-hybridized carbons (Fsp3) is 0.571. The molecule has 0 radical (unpaired) electrons. The van der Waals surface area contributed by atoms with Crippen LogP contribution in [0.15, 0.2) is 29.0 Å². The quantitative estimate of drug-likeness (QED) is 0.738. The summed E-state index contributed by atoms with van der Waals surface area (Å²) in [5.41, 5.74) is 1.36. The number of amides is 2. The zero-order valence-electron chi connectivity index (χ0n) is 17.2. The largest absolute Gasteiger partial charge is 0.368 e. The van der Waals surface area contributed by atoms with Crippen molar-refractivity contribution in [3.05, 3.63) is 41.5 Å². The van der Waals surface area contributed by atoms with Gasteiger partial charge in [0.25, 0.3) is 5.91 Å². The van der Waals surface area contributed by atoms with Crippen LogP contribution in [0.4, 0.5) is 0 Å². The Kier molecular flexibility index (Phi) is 6.37. The summed E-state index contributed by atoms with van der Waals surface area (Å²) in [6, 6.07) is 5.87. The summed E-state index contributed by atoms with van der Waals surface area (Å²) in [5, 5.41) is 7.41. The van der Waals surface area contributed by atoms with E-state index < -0.39 is 0 Å². The lowest BCUT2D eigenvalue weighted by molar-refractivity contribution is -0.134. The molecule has 1 saturated heterocycles. The monoisotopic (exact) mass is 413 g/mol. The van der Waals surface area contributed by atoms with Crippen molar-refractivity contribution in [3.63, 3.8) is 0 Å². The molecule has 0 unspecified atom stereocenters. The second-order valence-electron chi connectivity index (χ2n) is 7.98. The lowest BCUT2D eigenvalue weighted by atomic mass is 9.94. The zero-order chi connectivity index (χ0) is 20.9. The Labute approximate surface area is 175 Å². The van der Waals surface area contributed by atoms with Crippen molar-refractivity contribution in [1.29, 1.82) is 0 Å². The highest BCUT2D eigenvalue weighted by Crippen LogP contribution is 2.25. The van der Waals surface area contributed by atoms with Crippen molar-refractivity contribution >= 4 is 11.8 Å². The molecule has 2 aliphatic rings. The molecule has 1 atom stereocenters. The Morgan fingerprint density at radius 2 is 2.03 bits per heavy atom. The lowest BCUT2D eigenvalue weighted by Gasteiger charge is -2.34. The molecule has 9 nitrogen and oxygen atoms in total. The normalized spacial score (nSPS) is 21.0. The van der Waals surface area contributed by atoms with Crippen molar-refractivity contribution in [3.8, 4) is 0 Å². The van der Waals surface area contributed by atoms with Crippen LogP contribution in [0.1, 0.15) is 54.0 Å². The van der Waals surface area contributed by atoms with Gasteiger partial charge in [-0.15, -0.1) is 0 Å². The van der Waals surface area contributed by atoms with Gasteiger partial charge < -0.3 is 14.5 Å². The fourth-order valence-corrected chi connectivity index (χ4v) is 4.21. The lowest BCUT2D eigenvalue weighted by Crippen LogP contribution is -2.46. The van der Waals surface area contributed by atoms with Gasteiger partial charge in [-0.25, -0.2) is 4.63 Å². The Balaban J connectivity index is 1.53. The summed E-state index contributed by atoms with van der Waals surface area (Å²) in [6.45, 7) is 2.76. The van der Waals surface area contributed by atoms with E-state index in [0.717, 1.165) is 31.4 Å². The van der Waals surface area contributed by atoms with E-state index in [0.29, 0.717) is 25.4 Å². The van der Waals surface area contributed by atoms with E-state index in [1.54, 1.807) is 13.1 Å². The molecule has 2 amide bonds. The Hall–Kier alpha value is -2.81. The maximum atomic E-state index is 13.1. The first-order valence-electron chi connectivity index (χ1n) is 10.5. The van der Waals surface area contributed by atoms with Gasteiger partial charge in [0.15, 0.2) is 5.69 Å². The van der Waals surface area contributed by atoms with Gasteiger partial charge >= 0.3 is 0 Å². The van der Waals surface area contributed by atoms with Gasteiger partial charge in [0, 0.05) is 25.3 Å². The summed E-state index contributed by atoms with van der Waals surface area (Å²) in [4.78, 5) is 33.8. The maximum Gasteiger partial charge on any atom is 0.278 e. The zero-order valence-corrected chi connectivity index (χ0v) is 17.2. The Bertz CT molecular complexity index is 865. The van der Waals surface area contributed by atoms with E-state index in [2.05, 4.69) is 19.9 Å². The topological polar surface area (TPSA) is 102 Å². The van der Waals surface area contributed by atoms with Crippen molar-refractivity contribution in [1.82, 2.24) is 25.1 Å². The number of hydrogen-bond donors (Lipinski definition) is 0. The highest BCUT2D eigenvalue weighted by molar-refractivity contribution is 5.95. The molecular formula is C21H27N5O4. The standard InChI is InChI=1S/C21H27N5O4/c1-15-20(24-30-23-15)21(28)25-11-18(29-14-16-7-5-6-10-22-16)12-26(19(27)13-25)17-8-3-2-4-9-17/h5-7,10,17-18H,2-4,8-9,11-14H2,1H3/t18-/m0/s1. The average Bonchev–Trinajstić information content (AvgIpc) is 3.13. The summed E-state index contributed by atoms with van der Waals surface area (Å²) in [6.07, 6.45) is 6.86. The molecule has 0 N–H and O–H groups in total. The van der Waals surface area contributed by atoms with Gasteiger partial charge in [-0.1, -0.05) is 30.5 Å². The first kappa shape index (κ1) is 20.5. The highest BCUT2D eigenvalue weighted by Gasteiger charge is 2.36. The van der Waals surface area contributed by atoms with Crippen LogP contribution in [0.5, 0.6) is 0 Å². The van der Waals surface area contributed by atoms with Gasteiger partial charge in [-0.2, -0.15) is 0 Å². The SMILES string of the molecule is Cc1nonc1C(=O)N1CC(=O)N(C2CCCCC2)C[C@@H](OCc2ccccn2)C1. The minimum absolute atomic E-state index is 0.00504. The number of ether oxygens (including phenoxy) is 1. The molecule has 0 aromatic carbocycles. The number of aryl methyl sites for hydroxylation is 1. The van der Waals surface area contributed by atoms with E-state index >= 15 is 0 Å². The van der Waals surface area contributed by atoms with Crippen LogP contribution in [0.3, 0.4) is 0 Å². The summed E-state index contributed by atoms with van der Waals surface area (Å²) in [5.74, 6) is -0.410. The predicted octanol–water partition coefficient (Wildman–Crippen LogP) is 1.98. The van der Waals surface area contributed by atoms with Crippen LogP contribution < -0.4 is 0 Å². The number of hydrogen-bond acceptors (Lipinski definition) is 7. The summed E-state index contributed by atoms with van der Waals surface area (Å²) in [7, 11) is 0. The van der Waals surface area contributed by atoms with Gasteiger partial charge in [0.05, 0.1) is 18.4 Å². The van der Waals surface area contributed by atoms with E-state index in [9.17, 15) is 9.59 Å². The fourth-order valence-electron chi connectivity index (χ4n) is 4.21. The Morgan fingerprint density at radius 1 is 1.20 bits per heavy atom. The minimum atomic E-state index is -0.362. The molecule has 0 bridgehead atoms. The number of pyridine rings is 1. The van der Waals surface area contributed by atoms with Gasteiger partial charge in [0.1, 0.15) is 12.2 Å². The van der Waals surface area contributed by atoms with Crippen molar-refractivity contribution < 1.29 is 19.0 Å². The molecule has 2 aromatic rings. The van der Waals surface area contributed by atoms with Crippen LogP contribution in [-0.4, -0.2) is 68.7 Å². The first-order chi connectivity index (χ1) is 14.6.